The van der Waals surface area contributed by atoms with Gasteiger partial charge in [0.05, 0.1) is 0 Å². The van der Waals surface area contributed by atoms with Crippen molar-refractivity contribution in [1.82, 2.24) is 9.80 Å². The van der Waals surface area contributed by atoms with Crippen molar-refractivity contribution >= 4 is 0 Å². The Morgan fingerprint density at radius 1 is 0.840 bits per heavy atom. The topological polar surface area (TPSA) is 56.3 Å². The normalized spacial score (nSPS) is 30.6. The molecule has 2 atom stereocenters. The highest BCUT2D eigenvalue weighted by Gasteiger charge is 2.31. The van der Waals surface area contributed by atoms with Crippen molar-refractivity contribution < 1.29 is 4.39 Å². The fourth-order valence-electron chi connectivity index (χ4n) is 2.78. The average molecular weight is 359 g/mol. The molecule has 2 aliphatic heterocycles. The van der Waals surface area contributed by atoms with Crippen LogP contribution in [-0.2, 0) is 0 Å². The highest BCUT2D eigenvalue weighted by Crippen LogP contribution is 2.24. The molecule has 150 valence electrons. The zero-order valence-electron chi connectivity index (χ0n) is 17.9. The first-order chi connectivity index (χ1) is 11.8. The van der Waals surface area contributed by atoms with Crippen molar-refractivity contribution in [2.75, 3.05) is 40.3 Å². The van der Waals surface area contributed by atoms with E-state index in [2.05, 4.69) is 23.8 Å². The maximum Gasteiger partial charge on any atom is 0.197 e. The molecular formula is C20H43FN4. The molecule has 2 saturated heterocycles. The van der Waals surface area contributed by atoms with Gasteiger partial charge in [0.1, 0.15) is 6.07 Å². The van der Waals surface area contributed by atoms with Crippen molar-refractivity contribution in [3.05, 3.63) is 0 Å². The summed E-state index contributed by atoms with van der Waals surface area (Å²) < 4.78 is 13.3. The number of nitrogens with two attached hydrogens (primary N) is 1. The van der Waals surface area contributed by atoms with E-state index >= 15 is 0 Å². The van der Waals surface area contributed by atoms with Crippen molar-refractivity contribution in [3.8, 4) is 6.07 Å². The van der Waals surface area contributed by atoms with Crippen LogP contribution in [0.15, 0.2) is 0 Å². The molecule has 2 heterocycles. The molecule has 2 rings (SSSR count). The van der Waals surface area contributed by atoms with E-state index in [1.807, 2.05) is 34.7 Å². The van der Waals surface area contributed by atoms with Gasteiger partial charge in [-0.2, -0.15) is 5.26 Å². The predicted molar refractivity (Wildman–Crippen MR) is 107 cm³/mol. The molecule has 0 aromatic rings. The Hall–Kier alpha value is -0.700. The monoisotopic (exact) mass is 358 g/mol. The molecule has 0 aromatic heterocycles. The summed E-state index contributed by atoms with van der Waals surface area (Å²) in [5.74, 6) is 0. The first-order valence-electron chi connectivity index (χ1n) is 10.0. The molecule has 25 heavy (non-hydrogen) atoms. The summed E-state index contributed by atoms with van der Waals surface area (Å²) in [5, 5.41) is 8.52. The number of hydrogen-bond donors (Lipinski definition) is 1. The molecule has 2 aliphatic rings. The third kappa shape index (κ3) is 13.2. The Morgan fingerprint density at radius 3 is 1.76 bits per heavy atom. The standard InChI is InChI=1S/C8H13FN2.C8H18N2.2C2H6/c1-11-5-2-3-8(9,7-10)4-6-11;1-8(9)4-3-6-10(2)7-5-8;2*1-2/h2-6H2,1H3;3-7,9H2,1-2H3;2*1-2H3. The molecular weight excluding hydrogens is 315 g/mol. The van der Waals surface area contributed by atoms with Crippen LogP contribution in [0.2, 0.25) is 0 Å². The minimum Gasteiger partial charge on any atom is -0.325 e. The van der Waals surface area contributed by atoms with Crippen molar-refractivity contribution in [3.63, 3.8) is 0 Å². The van der Waals surface area contributed by atoms with Crippen LogP contribution >= 0.6 is 0 Å². The quantitative estimate of drug-likeness (QED) is 0.705. The highest BCUT2D eigenvalue weighted by atomic mass is 19.1. The second-order valence-electron chi connectivity index (χ2n) is 7.04. The predicted octanol–water partition coefficient (Wildman–Crippen LogP) is 4.21. The molecule has 0 radical (unpaired) electrons. The van der Waals surface area contributed by atoms with E-state index in [0.717, 1.165) is 25.9 Å². The third-order valence-corrected chi connectivity index (χ3v) is 4.56. The molecule has 0 spiro atoms. The van der Waals surface area contributed by atoms with Gasteiger partial charge in [-0.15, -0.1) is 0 Å². The van der Waals surface area contributed by atoms with E-state index in [4.69, 9.17) is 11.0 Å². The van der Waals surface area contributed by atoms with Crippen LogP contribution < -0.4 is 5.73 Å². The maximum atomic E-state index is 13.3. The molecule has 2 fully saturated rings. The Morgan fingerprint density at radius 2 is 1.28 bits per heavy atom. The van der Waals surface area contributed by atoms with E-state index in [9.17, 15) is 4.39 Å². The van der Waals surface area contributed by atoms with Gasteiger partial charge in [-0.1, -0.05) is 27.7 Å². The van der Waals surface area contributed by atoms with Crippen LogP contribution in [0.1, 0.15) is 73.1 Å². The number of nitrogens with zero attached hydrogens (tertiary/aromatic N) is 3. The van der Waals surface area contributed by atoms with Gasteiger partial charge in [0.2, 0.25) is 0 Å². The lowest BCUT2D eigenvalue weighted by Gasteiger charge is -2.21. The molecule has 0 aromatic carbocycles. The first kappa shape index (κ1) is 26.5. The Balaban J connectivity index is 0. The van der Waals surface area contributed by atoms with Gasteiger partial charge in [-0.3, -0.25) is 0 Å². The SMILES string of the molecule is CC.CC.CN1CCCC(C)(N)CC1.CN1CCCC(F)(C#N)CC1. The minimum atomic E-state index is -1.55. The number of halogens is 1. The number of likely N-dealkylation sites (tertiary alicyclic amines) is 2. The number of rotatable bonds is 0. The van der Waals surface area contributed by atoms with Crippen LogP contribution in [0.25, 0.3) is 0 Å². The summed E-state index contributed by atoms with van der Waals surface area (Å²) in [6.07, 6.45) is 5.12. The summed E-state index contributed by atoms with van der Waals surface area (Å²) in [4.78, 5) is 4.43. The number of hydrogen-bond acceptors (Lipinski definition) is 4. The molecule has 0 amide bonds. The molecule has 0 aliphatic carbocycles. The van der Waals surface area contributed by atoms with E-state index in [1.54, 1.807) is 6.07 Å². The summed E-state index contributed by atoms with van der Waals surface area (Å²) >= 11 is 0. The average Bonchev–Trinajstić information content (AvgIpc) is 2.88. The third-order valence-electron chi connectivity index (χ3n) is 4.56. The van der Waals surface area contributed by atoms with E-state index < -0.39 is 5.67 Å². The van der Waals surface area contributed by atoms with Crippen LogP contribution in [0.4, 0.5) is 4.39 Å². The van der Waals surface area contributed by atoms with Gasteiger partial charge in [0.25, 0.3) is 0 Å². The molecule has 5 heteroatoms. The van der Waals surface area contributed by atoms with Gasteiger partial charge < -0.3 is 15.5 Å². The van der Waals surface area contributed by atoms with Crippen LogP contribution in [0.5, 0.6) is 0 Å². The fraction of sp³-hybridized carbons (Fsp3) is 0.950. The molecule has 2 N–H and O–H groups in total. The second kappa shape index (κ2) is 14.5. The highest BCUT2D eigenvalue weighted by molar-refractivity contribution is 5.01. The van der Waals surface area contributed by atoms with Gasteiger partial charge in [-0.05, 0) is 72.8 Å². The summed E-state index contributed by atoms with van der Waals surface area (Å²) in [6.45, 7) is 14.1. The molecule has 0 bridgehead atoms. The van der Waals surface area contributed by atoms with Crippen LogP contribution in [0, 0.1) is 11.3 Å². The lowest BCUT2D eigenvalue weighted by Crippen LogP contribution is -2.36. The van der Waals surface area contributed by atoms with Crippen molar-refractivity contribution in [2.45, 2.75) is 84.4 Å². The zero-order valence-corrected chi connectivity index (χ0v) is 17.9. The first-order valence-corrected chi connectivity index (χ1v) is 10.0. The van der Waals surface area contributed by atoms with Crippen molar-refractivity contribution in [1.29, 1.82) is 5.26 Å². The summed E-state index contributed by atoms with van der Waals surface area (Å²) in [7, 11) is 4.13. The van der Waals surface area contributed by atoms with Crippen LogP contribution in [-0.4, -0.2) is 61.3 Å². The second-order valence-corrected chi connectivity index (χ2v) is 7.04. The number of nitriles is 1. The van der Waals surface area contributed by atoms with E-state index in [1.165, 1.54) is 19.4 Å². The minimum absolute atomic E-state index is 0.102. The summed E-state index contributed by atoms with van der Waals surface area (Å²) in [6, 6.07) is 1.75. The Labute approximate surface area is 156 Å². The fourth-order valence-corrected chi connectivity index (χ4v) is 2.78. The Bertz CT molecular complexity index is 354. The molecule has 4 nitrogen and oxygen atoms in total. The number of alkyl halides is 1. The Kier molecular flexibility index (Phi) is 15.4. The summed E-state index contributed by atoms with van der Waals surface area (Å²) in [5.41, 5.74) is 4.56. The smallest absolute Gasteiger partial charge is 0.197 e. The lowest BCUT2D eigenvalue weighted by atomic mass is 9.95. The molecule has 2 unspecified atom stereocenters. The van der Waals surface area contributed by atoms with Crippen LogP contribution in [0.3, 0.4) is 0 Å². The van der Waals surface area contributed by atoms with E-state index in [0.29, 0.717) is 19.4 Å². The zero-order chi connectivity index (χ0) is 19.9. The van der Waals surface area contributed by atoms with Gasteiger partial charge >= 0.3 is 0 Å². The largest absolute Gasteiger partial charge is 0.325 e. The lowest BCUT2D eigenvalue weighted by molar-refractivity contribution is 0.210. The van der Waals surface area contributed by atoms with Crippen molar-refractivity contribution in [2.24, 2.45) is 5.73 Å². The van der Waals surface area contributed by atoms with Gasteiger partial charge in [-0.25, -0.2) is 4.39 Å². The van der Waals surface area contributed by atoms with Gasteiger partial charge in [0, 0.05) is 18.5 Å². The maximum absolute atomic E-state index is 13.3. The van der Waals surface area contributed by atoms with Gasteiger partial charge in [0.15, 0.2) is 5.67 Å². The molecule has 0 saturated carbocycles. The van der Waals surface area contributed by atoms with E-state index in [-0.39, 0.29) is 5.54 Å².